The van der Waals surface area contributed by atoms with E-state index >= 15 is 0 Å². The third-order valence-corrected chi connectivity index (χ3v) is 6.86. The number of piperidine rings is 1. The molecule has 0 bridgehead atoms. The Balaban J connectivity index is 1.53. The molecule has 4 rings (SSSR count). The number of rotatable bonds is 3. The minimum Gasteiger partial charge on any atom is -0.390 e. The van der Waals surface area contributed by atoms with Crippen LogP contribution >= 0.6 is 0 Å². The Morgan fingerprint density at radius 2 is 2.03 bits per heavy atom. The van der Waals surface area contributed by atoms with Gasteiger partial charge in [0.2, 0.25) is 0 Å². The van der Waals surface area contributed by atoms with Crippen molar-refractivity contribution in [2.45, 2.75) is 51.2 Å². The number of likely N-dealkylation sites (tertiary alicyclic amines) is 1. The smallest absolute Gasteiger partial charge is 0.321 e. The molecule has 1 spiro atoms. The average molecular weight is 399 g/mol. The lowest BCUT2D eigenvalue weighted by atomic mass is 9.72. The summed E-state index contributed by atoms with van der Waals surface area (Å²) < 4.78 is 5.14. The van der Waals surface area contributed by atoms with Gasteiger partial charge in [-0.3, -0.25) is 4.90 Å². The molecule has 2 atom stereocenters. The number of fused-ring (bicyclic) bond motifs is 2. The van der Waals surface area contributed by atoms with Crippen LogP contribution in [0.4, 0.5) is 10.5 Å². The van der Waals surface area contributed by atoms with E-state index in [-0.39, 0.29) is 17.5 Å². The molecule has 2 heterocycles. The second-order valence-electron chi connectivity index (χ2n) is 8.32. The van der Waals surface area contributed by atoms with E-state index in [0.717, 1.165) is 19.4 Å². The van der Waals surface area contributed by atoms with E-state index in [1.165, 1.54) is 11.1 Å². The molecule has 1 saturated heterocycles. The first-order chi connectivity index (χ1) is 13.9. The molecule has 0 radical (unpaired) electrons. The summed E-state index contributed by atoms with van der Waals surface area (Å²) in [5, 5.41) is 18.2. The van der Waals surface area contributed by atoms with E-state index in [1.807, 2.05) is 17.9 Å². The Morgan fingerprint density at radius 1 is 1.34 bits per heavy atom. The number of nitrogens with one attached hydrogen (secondary N) is 1. The third-order valence-electron chi connectivity index (χ3n) is 6.86. The molecule has 1 aromatic carbocycles. The van der Waals surface area contributed by atoms with Crippen LogP contribution in [-0.2, 0) is 5.41 Å². The molecule has 7 heteroatoms. The molecule has 2 N–H and O–H groups in total. The molecule has 0 saturated carbocycles. The van der Waals surface area contributed by atoms with E-state index in [2.05, 4.69) is 47.5 Å². The number of carbonyl (C=O) groups is 1. The van der Waals surface area contributed by atoms with E-state index in [0.29, 0.717) is 30.2 Å². The van der Waals surface area contributed by atoms with Crippen LogP contribution in [0.1, 0.15) is 48.4 Å². The van der Waals surface area contributed by atoms with Crippen LogP contribution in [-0.4, -0.2) is 58.9 Å². The van der Waals surface area contributed by atoms with Crippen molar-refractivity contribution in [3.63, 3.8) is 0 Å². The van der Waals surface area contributed by atoms with Crippen LogP contribution in [0.5, 0.6) is 0 Å². The Kier molecular flexibility index (Phi) is 5.12. The standard InChI is InChI=1S/C22H30N4O3/c1-5-25(4)19-16-8-6-7-9-17(16)22(20(19)27)10-12-26(13-11-22)21(28)23-18-14(2)24-29-15(18)3/h6-9,19-20,27H,5,10-13H2,1-4H3,(H,23,28)/t19-,20+/m1/s1. The predicted molar refractivity (Wildman–Crippen MR) is 111 cm³/mol. The zero-order valence-corrected chi connectivity index (χ0v) is 17.6. The largest absolute Gasteiger partial charge is 0.390 e. The summed E-state index contributed by atoms with van der Waals surface area (Å²) in [6.45, 7) is 7.79. The highest BCUT2D eigenvalue weighted by atomic mass is 16.5. The van der Waals surface area contributed by atoms with Crippen molar-refractivity contribution in [1.29, 1.82) is 0 Å². The zero-order valence-electron chi connectivity index (χ0n) is 17.6. The number of aromatic nitrogens is 1. The molecule has 2 aliphatic rings. The summed E-state index contributed by atoms with van der Waals surface area (Å²) in [4.78, 5) is 16.8. The van der Waals surface area contributed by atoms with Crippen LogP contribution in [0.3, 0.4) is 0 Å². The van der Waals surface area contributed by atoms with Crippen molar-refractivity contribution in [3.8, 4) is 0 Å². The van der Waals surface area contributed by atoms with Crippen LogP contribution in [0.2, 0.25) is 0 Å². The molecule has 7 nitrogen and oxygen atoms in total. The number of hydrogen-bond acceptors (Lipinski definition) is 5. The van der Waals surface area contributed by atoms with Gasteiger partial charge in [0.1, 0.15) is 11.4 Å². The fourth-order valence-corrected chi connectivity index (χ4v) is 5.04. The number of urea groups is 1. The summed E-state index contributed by atoms with van der Waals surface area (Å²) in [6.07, 6.45) is 1.01. The average Bonchev–Trinajstić information content (AvgIpc) is 3.17. The second kappa shape index (κ2) is 7.46. The maximum atomic E-state index is 12.8. The highest BCUT2D eigenvalue weighted by Gasteiger charge is 2.53. The fourth-order valence-electron chi connectivity index (χ4n) is 5.04. The van der Waals surface area contributed by atoms with Crippen LogP contribution in [0, 0.1) is 13.8 Å². The molecule has 1 aliphatic carbocycles. The lowest BCUT2D eigenvalue weighted by Gasteiger charge is -2.43. The number of likely N-dealkylation sites (N-methyl/N-ethyl adjacent to an activating group) is 1. The summed E-state index contributed by atoms with van der Waals surface area (Å²) in [6, 6.07) is 8.25. The van der Waals surface area contributed by atoms with E-state index in [9.17, 15) is 9.90 Å². The summed E-state index contributed by atoms with van der Waals surface area (Å²) in [5.74, 6) is 0.606. The van der Waals surface area contributed by atoms with Gasteiger partial charge >= 0.3 is 6.03 Å². The Labute approximate surface area is 171 Å². The lowest BCUT2D eigenvalue weighted by molar-refractivity contribution is -0.00212. The zero-order chi connectivity index (χ0) is 20.8. The molecule has 1 fully saturated rings. The molecule has 1 aromatic heterocycles. The molecular formula is C22H30N4O3. The molecule has 1 aliphatic heterocycles. The van der Waals surface area contributed by atoms with Gasteiger partial charge in [-0.1, -0.05) is 36.3 Å². The second-order valence-corrected chi connectivity index (χ2v) is 8.32. The van der Waals surface area contributed by atoms with Crippen molar-refractivity contribution < 1.29 is 14.4 Å². The molecule has 156 valence electrons. The van der Waals surface area contributed by atoms with Crippen molar-refractivity contribution in [2.24, 2.45) is 0 Å². The third kappa shape index (κ3) is 3.13. The maximum Gasteiger partial charge on any atom is 0.321 e. The number of hydrogen-bond donors (Lipinski definition) is 2. The van der Waals surface area contributed by atoms with Crippen LogP contribution < -0.4 is 5.32 Å². The highest BCUT2D eigenvalue weighted by Crippen LogP contribution is 2.52. The van der Waals surface area contributed by atoms with Gasteiger partial charge < -0.3 is 19.8 Å². The minimum atomic E-state index is -0.474. The summed E-state index contributed by atoms with van der Waals surface area (Å²) in [7, 11) is 2.07. The topological polar surface area (TPSA) is 81.8 Å². The number of carbonyl (C=O) groups excluding carboxylic acids is 1. The molecule has 2 amide bonds. The van der Waals surface area contributed by atoms with Gasteiger partial charge in [-0.2, -0.15) is 0 Å². The van der Waals surface area contributed by atoms with Gasteiger partial charge in [-0.15, -0.1) is 0 Å². The van der Waals surface area contributed by atoms with Crippen molar-refractivity contribution in [2.75, 3.05) is 32.0 Å². The number of nitrogens with zero attached hydrogens (tertiary/aromatic N) is 3. The normalized spacial score (nSPS) is 22.9. The first-order valence-electron chi connectivity index (χ1n) is 10.4. The minimum absolute atomic E-state index is 0.00104. The van der Waals surface area contributed by atoms with Crippen LogP contribution in [0.25, 0.3) is 0 Å². The molecule has 29 heavy (non-hydrogen) atoms. The van der Waals surface area contributed by atoms with Gasteiger partial charge in [0.05, 0.1) is 12.1 Å². The van der Waals surface area contributed by atoms with Crippen molar-refractivity contribution in [3.05, 3.63) is 46.8 Å². The van der Waals surface area contributed by atoms with Gasteiger partial charge in [0.25, 0.3) is 0 Å². The highest BCUT2D eigenvalue weighted by molar-refractivity contribution is 5.90. The number of aryl methyl sites for hydroxylation is 2. The first kappa shape index (κ1) is 19.9. The SMILES string of the molecule is CCN(C)[C@@H]1c2ccccc2C2(CCN(C(=O)Nc3c(C)noc3C)CC2)[C@H]1O. The first-order valence-corrected chi connectivity index (χ1v) is 10.4. The summed E-state index contributed by atoms with van der Waals surface area (Å²) in [5.41, 5.74) is 3.48. The monoisotopic (exact) mass is 398 g/mol. The summed E-state index contributed by atoms with van der Waals surface area (Å²) >= 11 is 0. The van der Waals surface area contributed by atoms with Gasteiger partial charge in [-0.25, -0.2) is 4.79 Å². The number of amides is 2. The van der Waals surface area contributed by atoms with E-state index in [4.69, 9.17) is 4.52 Å². The van der Waals surface area contributed by atoms with Gasteiger partial charge in [-0.05, 0) is 51.4 Å². The van der Waals surface area contributed by atoms with Gasteiger partial charge in [0.15, 0.2) is 5.76 Å². The number of aliphatic hydroxyl groups is 1. The van der Waals surface area contributed by atoms with Gasteiger partial charge in [0, 0.05) is 18.5 Å². The van der Waals surface area contributed by atoms with Crippen molar-refractivity contribution in [1.82, 2.24) is 15.0 Å². The Morgan fingerprint density at radius 3 is 2.66 bits per heavy atom. The maximum absolute atomic E-state index is 12.8. The van der Waals surface area contributed by atoms with Crippen LogP contribution in [0.15, 0.2) is 28.8 Å². The predicted octanol–water partition coefficient (Wildman–Crippen LogP) is 3.22. The number of anilines is 1. The van der Waals surface area contributed by atoms with E-state index < -0.39 is 6.10 Å². The fraction of sp³-hybridized carbons (Fsp3) is 0.545. The van der Waals surface area contributed by atoms with E-state index in [1.54, 1.807) is 6.92 Å². The quantitative estimate of drug-likeness (QED) is 0.830. The molecule has 2 aromatic rings. The molecule has 0 unspecified atom stereocenters. The lowest BCUT2D eigenvalue weighted by Crippen LogP contribution is -2.51. The number of aliphatic hydroxyl groups excluding tert-OH is 1. The Bertz CT molecular complexity index is 882. The molecular weight excluding hydrogens is 368 g/mol. The Hall–Kier alpha value is -2.38. The number of benzene rings is 1. The van der Waals surface area contributed by atoms with Crippen molar-refractivity contribution >= 4 is 11.7 Å².